The maximum Gasteiger partial charge on any atom is 0.357 e. The van der Waals surface area contributed by atoms with Gasteiger partial charge in [0.2, 0.25) is 5.91 Å². The number of rotatable bonds is 7. The molecular formula is C21H35NO4S2Si. The van der Waals surface area contributed by atoms with E-state index in [-0.39, 0.29) is 39.7 Å². The van der Waals surface area contributed by atoms with E-state index in [1.807, 2.05) is 6.92 Å². The molecule has 0 saturated carbocycles. The molecule has 29 heavy (non-hydrogen) atoms. The van der Waals surface area contributed by atoms with E-state index in [0.29, 0.717) is 5.70 Å². The highest BCUT2D eigenvalue weighted by molar-refractivity contribution is 8.23. The lowest BCUT2D eigenvalue weighted by Gasteiger charge is -2.48. The Kier molecular flexibility index (Phi) is 7.15. The average molecular weight is 458 g/mol. The van der Waals surface area contributed by atoms with Crippen molar-refractivity contribution in [3.05, 3.63) is 22.6 Å². The van der Waals surface area contributed by atoms with Gasteiger partial charge in [-0.05, 0) is 25.1 Å². The molecule has 0 unspecified atom stereocenters. The maximum absolute atomic E-state index is 13.1. The summed E-state index contributed by atoms with van der Waals surface area (Å²) in [5.74, 6) is -0.769. The summed E-state index contributed by atoms with van der Waals surface area (Å²) in [6.07, 6.45) is 1.34. The molecule has 1 saturated heterocycles. The smallest absolute Gasteiger partial charge is 0.357 e. The summed E-state index contributed by atoms with van der Waals surface area (Å²) in [7, 11) is -2.00. The van der Waals surface area contributed by atoms with E-state index in [9.17, 15) is 9.59 Å². The second kappa shape index (κ2) is 8.44. The molecule has 2 aliphatic heterocycles. The number of carbonyl (C=O) groups is 2. The summed E-state index contributed by atoms with van der Waals surface area (Å²) in [4.78, 5) is 27.4. The Morgan fingerprint density at radius 3 is 2.38 bits per heavy atom. The van der Waals surface area contributed by atoms with Crippen LogP contribution in [0.15, 0.2) is 22.6 Å². The Balaban J connectivity index is 2.24. The molecule has 2 rings (SSSR count). The van der Waals surface area contributed by atoms with Gasteiger partial charge < -0.3 is 9.16 Å². The Morgan fingerprint density at radius 2 is 1.90 bits per heavy atom. The van der Waals surface area contributed by atoms with E-state index in [0.717, 1.165) is 4.24 Å². The third-order valence-corrected chi connectivity index (χ3v) is 12.7. The van der Waals surface area contributed by atoms with Gasteiger partial charge in [0.15, 0.2) is 14.0 Å². The first-order valence-corrected chi connectivity index (χ1v) is 14.6. The molecule has 1 fully saturated rings. The van der Waals surface area contributed by atoms with Gasteiger partial charge in [-0.3, -0.25) is 9.69 Å². The van der Waals surface area contributed by atoms with Crippen molar-refractivity contribution in [1.82, 2.24) is 4.90 Å². The van der Waals surface area contributed by atoms with Gasteiger partial charge in [0, 0.05) is 4.75 Å². The predicted molar refractivity (Wildman–Crippen MR) is 125 cm³/mol. The number of carbonyl (C=O) groups excluding carboxylic acids is 2. The van der Waals surface area contributed by atoms with E-state index in [4.69, 9.17) is 9.16 Å². The molecule has 0 radical (unpaired) electrons. The zero-order valence-electron chi connectivity index (χ0n) is 19.1. The summed E-state index contributed by atoms with van der Waals surface area (Å²) in [6.45, 7) is 23.0. The highest BCUT2D eigenvalue weighted by Crippen LogP contribution is 2.56. The van der Waals surface area contributed by atoms with Crippen LogP contribution in [0.25, 0.3) is 0 Å². The predicted octanol–water partition coefficient (Wildman–Crippen LogP) is 5.36. The van der Waals surface area contributed by atoms with Crippen molar-refractivity contribution in [2.24, 2.45) is 5.92 Å². The second-order valence-corrected chi connectivity index (χ2v) is 18.0. The molecule has 164 valence electrons. The third kappa shape index (κ3) is 5.14. The standard InChI is InChI=1S/C21H35NO4S2Si/c1-11-12-25-18(24)15-19(28-20(3,4)5)27-17-14(16(23)22(15)17)13(2)26-29(9,10)21(6,7)8/h11,13-14,17H,1,12H2,2-10H3/t13-,14+,17-/m1/s1. The Hall–Kier alpha value is -0.703. The number of fused-ring (bicyclic) bond motifs is 1. The van der Waals surface area contributed by atoms with Gasteiger partial charge in [-0.1, -0.05) is 66.0 Å². The summed E-state index contributed by atoms with van der Waals surface area (Å²) in [6, 6.07) is 0. The molecule has 0 spiro atoms. The van der Waals surface area contributed by atoms with Gasteiger partial charge in [0.25, 0.3) is 0 Å². The molecule has 1 amide bonds. The number of esters is 1. The minimum absolute atomic E-state index is 0.0521. The normalized spacial score (nSPS) is 23.6. The highest BCUT2D eigenvalue weighted by Gasteiger charge is 2.59. The molecule has 0 aromatic carbocycles. The third-order valence-electron chi connectivity index (χ3n) is 5.46. The van der Waals surface area contributed by atoms with E-state index in [1.165, 1.54) is 6.08 Å². The lowest BCUT2D eigenvalue weighted by Crippen LogP contribution is -2.62. The Labute approximate surface area is 185 Å². The number of hydrogen-bond acceptors (Lipinski definition) is 6. The number of amides is 1. The highest BCUT2D eigenvalue weighted by atomic mass is 32.2. The summed E-state index contributed by atoms with van der Waals surface area (Å²) >= 11 is 3.19. The van der Waals surface area contributed by atoms with Crippen molar-refractivity contribution in [2.75, 3.05) is 6.61 Å². The van der Waals surface area contributed by atoms with Crippen LogP contribution in [0.3, 0.4) is 0 Å². The van der Waals surface area contributed by atoms with E-state index >= 15 is 0 Å². The molecule has 8 heteroatoms. The summed E-state index contributed by atoms with van der Waals surface area (Å²) in [5, 5.41) is -0.0415. The fraction of sp³-hybridized carbons (Fsp3) is 0.714. The van der Waals surface area contributed by atoms with Crippen LogP contribution in [-0.4, -0.2) is 47.9 Å². The van der Waals surface area contributed by atoms with Gasteiger partial charge in [0.05, 0.1) is 16.3 Å². The zero-order valence-corrected chi connectivity index (χ0v) is 21.8. The first-order valence-electron chi connectivity index (χ1n) is 9.99. The SMILES string of the molecule is C=CCOC(=O)C1=C(SC(C)(C)C)S[C@@H]2[C@@H]([C@@H](C)O[Si](C)(C)C(C)(C)C)C(=O)N12. The van der Waals surface area contributed by atoms with Gasteiger partial charge in [-0.15, -0.1) is 11.8 Å². The molecule has 0 bridgehead atoms. The molecule has 2 heterocycles. The van der Waals surface area contributed by atoms with E-state index < -0.39 is 14.3 Å². The quantitative estimate of drug-likeness (QED) is 0.222. The second-order valence-electron chi connectivity index (χ2n) is 10.1. The van der Waals surface area contributed by atoms with Crippen LogP contribution >= 0.6 is 23.5 Å². The monoisotopic (exact) mass is 457 g/mol. The van der Waals surface area contributed by atoms with Crippen LogP contribution in [0.2, 0.25) is 18.1 Å². The van der Waals surface area contributed by atoms with Crippen LogP contribution in [0.5, 0.6) is 0 Å². The Morgan fingerprint density at radius 1 is 1.31 bits per heavy atom. The minimum Gasteiger partial charge on any atom is -0.457 e. The van der Waals surface area contributed by atoms with Crippen LogP contribution in [-0.2, 0) is 18.8 Å². The minimum atomic E-state index is -2.00. The van der Waals surface area contributed by atoms with Gasteiger partial charge in [-0.2, -0.15) is 0 Å². The van der Waals surface area contributed by atoms with E-state index in [2.05, 4.69) is 61.2 Å². The molecular weight excluding hydrogens is 422 g/mol. The lowest BCUT2D eigenvalue weighted by atomic mass is 9.92. The molecule has 0 N–H and O–H groups in total. The van der Waals surface area contributed by atoms with Crippen molar-refractivity contribution >= 4 is 43.7 Å². The van der Waals surface area contributed by atoms with Crippen LogP contribution in [0.1, 0.15) is 48.5 Å². The summed E-state index contributed by atoms with van der Waals surface area (Å²) < 4.78 is 12.6. The lowest BCUT2D eigenvalue weighted by molar-refractivity contribution is -0.157. The van der Waals surface area contributed by atoms with Crippen molar-refractivity contribution in [3.8, 4) is 0 Å². The van der Waals surface area contributed by atoms with Gasteiger partial charge in [-0.25, -0.2) is 4.79 Å². The maximum atomic E-state index is 13.1. The number of ether oxygens (including phenoxy) is 1. The molecule has 2 aliphatic rings. The van der Waals surface area contributed by atoms with Crippen molar-refractivity contribution in [2.45, 2.75) is 82.8 Å². The number of β-lactam (4-membered cyclic amide) rings is 1. The van der Waals surface area contributed by atoms with Crippen LogP contribution in [0, 0.1) is 5.92 Å². The molecule has 3 atom stereocenters. The van der Waals surface area contributed by atoms with Crippen molar-refractivity contribution in [1.29, 1.82) is 0 Å². The van der Waals surface area contributed by atoms with Crippen molar-refractivity contribution < 1.29 is 18.8 Å². The first-order chi connectivity index (χ1) is 13.1. The molecule has 0 aliphatic carbocycles. The largest absolute Gasteiger partial charge is 0.457 e. The van der Waals surface area contributed by atoms with Crippen LogP contribution in [0.4, 0.5) is 0 Å². The first kappa shape index (κ1) is 24.6. The topological polar surface area (TPSA) is 55.8 Å². The number of hydrogen-bond donors (Lipinski definition) is 0. The summed E-state index contributed by atoms with van der Waals surface area (Å²) in [5.41, 5.74) is 0.377. The average Bonchev–Trinajstić information content (AvgIpc) is 2.83. The molecule has 0 aromatic rings. The zero-order chi connectivity index (χ0) is 22.4. The van der Waals surface area contributed by atoms with Crippen LogP contribution < -0.4 is 0 Å². The van der Waals surface area contributed by atoms with Crippen molar-refractivity contribution in [3.63, 3.8) is 0 Å². The fourth-order valence-corrected chi connectivity index (χ4v) is 7.81. The van der Waals surface area contributed by atoms with Gasteiger partial charge in [0.1, 0.15) is 12.0 Å². The molecule has 0 aromatic heterocycles. The van der Waals surface area contributed by atoms with Gasteiger partial charge >= 0.3 is 5.97 Å². The number of nitrogens with zero attached hydrogens (tertiary/aromatic N) is 1. The fourth-order valence-electron chi connectivity index (χ4n) is 3.00. The Bertz CT molecular complexity index is 721. The van der Waals surface area contributed by atoms with E-state index in [1.54, 1.807) is 28.4 Å². The molecule has 5 nitrogen and oxygen atoms in total. The number of thioether (sulfide) groups is 2.